The Kier molecular flexibility index (Phi) is 7.36. The zero-order valence-electron chi connectivity index (χ0n) is 20.7. The molecule has 8 heteroatoms. The Balaban J connectivity index is 1.66. The fourth-order valence-electron chi connectivity index (χ4n) is 4.59. The van der Waals surface area contributed by atoms with Crippen LogP contribution in [0.15, 0.2) is 77.7 Å². The number of hydrogen-bond donors (Lipinski definition) is 1. The van der Waals surface area contributed by atoms with E-state index in [0.29, 0.717) is 12.2 Å². The highest BCUT2D eigenvalue weighted by atomic mass is 32.2. The first kappa shape index (κ1) is 25.7. The van der Waals surface area contributed by atoms with Crippen LogP contribution in [0, 0.1) is 12.7 Å². The second-order valence-electron chi connectivity index (χ2n) is 9.13. The average molecular weight is 511 g/mol. The fourth-order valence-corrected chi connectivity index (χ4v) is 6.02. The Morgan fingerprint density at radius 2 is 1.67 bits per heavy atom. The van der Waals surface area contributed by atoms with Crippen LogP contribution < -0.4 is 14.4 Å². The highest BCUT2D eigenvalue weighted by molar-refractivity contribution is 7.92. The number of para-hydroxylation sites is 2. The lowest BCUT2D eigenvalue weighted by atomic mass is 9.83. The van der Waals surface area contributed by atoms with E-state index in [4.69, 9.17) is 4.74 Å². The van der Waals surface area contributed by atoms with Crippen LogP contribution >= 0.6 is 0 Å². The van der Waals surface area contributed by atoms with E-state index in [1.807, 2.05) is 45.0 Å². The van der Waals surface area contributed by atoms with Crippen molar-refractivity contribution in [3.05, 3.63) is 89.7 Å². The van der Waals surface area contributed by atoms with Gasteiger partial charge in [0.25, 0.3) is 10.0 Å². The molecule has 1 heterocycles. The van der Waals surface area contributed by atoms with Gasteiger partial charge in [0.15, 0.2) is 0 Å². The van der Waals surface area contributed by atoms with Crippen LogP contribution in [0.4, 0.5) is 10.1 Å². The fraction of sp³-hybridized carbons (Fsp3) is 0.321. The predicted octanol–water partition coefficient (Wildman–Crippen LogP) is 5.53. The minimum atomic E-state index is -4.21. The van der Waals surface area contributed by atoms with Crippen molar-refractivity contribution in [2.75, 3.05) is 10.8 Å². The van der Waals surface area contributed by atoms with Crippen molar-refractivity contribution in [1.82, 2.24) is 5.32 Å². The molecule has 3 aromatic carbocycles. The number of nitrogens with zero attached hydrogens (tertiary/aromatic N) is 1. The van der Waals surface area contributed by atoms with E-state index in [9.17, 15) is 17.6 Å². The second-order valence-corrected chi connectivity index (χ2v) is 11.0. The molecule has 190 valence electrons. The number of hydrogen-bond acceptors (Lipinski definition) is 4. The molecule has 0 saturated heterocycles. The molecule has 1 N–H and O–H groups in total. The standard InChI is InChI=1S/C28H31FN2O4S/c1-4-28(5-2)18-24(22-10-6-9-13-26(22)35-28)30-27(32)19-31(25-12-8-7-11-23(25)29)36(33,34)21-16-14-20(3)15-17-21/h6-17,24H,4-5,18-19H2,1-3H3,(H,30,32). The van der Waals surface area contributed by atoms with E-state index in [-0.39, 0.29) is 16.6 Å². The summed E-state index contributed by atoms with van der Waals surface area (Å²) in [5.74, 6) is -0.555. The number of amides is 1. The molecule has 36 heavy (non-hydrogen) atoms. The van der Waals surface area contributed by atoms with Crippen molar-refractivity contribution in [3.63, 3.8) is 0 Å². The molecule has 0 bridgehead atoms. The van der Waals surface area contributed by atoms with Gasteiger partial charge in [0.05, 0.1) is 16.6 Å². The number of aryl methyl sites for hydroxylation is 1. The predicted molar refractivity (Wildman–Crippen MR) is 138 cm³/mol. The van der Waals surface area contributed by atoms with Gasteiger partial charge in [-0.15, -0.1) is 0 Å². The molecule has 6 nitrogen and oxygen atoms in total. The van der Waals surface area contributed by atoms with Crippen molar-refractivity contribution < 1.29 is 22.3 Å². The van der Waals surface area contributed by atoms with E-state index in [0.717, 1.165) is 28.3 Å². The highest BCUT2D eigenvalue weighted by Gasteiger charge is 2.39. The summed E-state index contributed by atoms with van der Waals surface area (Å²) in [7, 11) is -4.21. The summed E-state index contributed by atoms with van der Waals surface area (Å²) >= 11 is 0. The summed E-state index contributed by atoms with van der Waals surface area (Å²) in [4.78, 5) is 13.3. The third kappa shape index (κ3) is 5.09. The number of fused-ring (bicyclic) bond motifs is 1. The zero-order chi connectivity index (χ0) is 25.9. The molecule has 1 amide bonds. The lowest BCUT2D eigenvalue weighted by molar-refractivity contribution is -0.121. The smallest absolute Gasteiger partial charge is 0.264 e. The first-order chi connectivity index (χ1) is 17.2. The molecule has 4 rings (SSSR count). The number of carbonyl (C=O) groups excluding carboxylic acids is 1. The maximum atomic E-state index is 14.8. The molecule has 0 spiro atoms. The quantitative estimate of drug-likeness (QED) is 0.433. The highest BCUT2D eigenvalue weighted by Crippen LogP contribution is 2.42. The number of benzene rings is 3. The van der Waals surface area contributed by atoms with E-state index < -0.39 is 33.9 Å². The summed E-state index contributed by atoms with van der Waals surface area (Å²) < 4.78 is 49.1. The lowest BCUT2D eigenvalue weighted by Gasteiger charge is -2.41. The van der Waals surface area contributed by atoms with Crippen LogP contribution in [-0.2, 0) is 14.8 Å². The average Bonchev–Trinajstić information content (AvgIpc) is 2.88. The first-order valence-corrected chi connectivity index (χ1v) is 13.5. The third-order valence-electron chi connectivity index (χ3n) is 6.84. The lowest BCUT2D eigenvalue weighted by Crippen LogP contribution is -2.47. The third-order valence-corrected chi connectivity index (χ3v) is 8.61. The molecule has 1 unspecified atom stereocenters. The van der Waals surface area contributed by atoms with Gasteiger partial charge in [-0.25, -0.2) is 12.8 Å². The van der Waals surface area contributed by atoms with Gasteiger partial charge in [0.2, 0.25) is 5.91 Å². The topological polar surface area (TPSA) is 75.7 Å². The number of ether oxygens (including phenoxy) is 1. The molecule has 1 aliphatic rings. The number of rotatable bonds is 8. The molecule has 0 radical (unpaired) electrons. The Morgan fingerprint density at radius 1 is 1.03 bits per heavy atom. The Bertz CT molecular complexity index is 1340. The van der Waals surface area contributed by atoms with Crippen LogP contribution in [0.1, 0.15) is 50.3 Å². The van der Waals surface area contributed by atoms with Gasteiger partial charge in [-0.3, -0.25) is 9.10 Å². The Morgan fingerprint density at radius 3 is 2.33 bits per heavy atom. The number of carbonyl (C=O) groups is 1. The molecule has 0 fully saturated rings. The molecule has 0 saturated carbocycles. The van der Waals surface area contributed by atoms with Crippen molar-refractivity contribution in [2.24, 2.45) is 0 Å². The van der Waals surface area contributed by atoms with Crippen molar-refractivity contribution >= 4 is 21.6 Å². The van der Waals surface area contributed by atoms with Crippen molar-refractivity contribution in [1.29, 1.82) is 0 Å². The zero-order valence-corrected chi connectivity index (χ0v) is 21.5. The van der Waals surface area contributed by atoms with Crippen LogP contribution in [0.5, 0.6) is 5.75 Å². The summed E-state index contributed by atoms with van der Waals surface area (Å²) in [6.07, 6.45) is 2.06. The maximum Gasteiger partial charge on any atom is 0.264 e. The number of anilines is 1. The summed E-state index contributed by atoms with van der Waals surface area (Å²) in [6.45, 7) is 5.37. The van der Waals surface area contributed by atoms with Gasteiger partial charge in [0, 0.05) is 12.0 Å². The maximum absolute atomic E-state index is 14.8. The number of halogens is 1. The molecular formula is C28H31FN2O4S. The van der Waals surface area contributed by atoms with Crippen LogP contribution in [0.2, 0.25) is 0 Å². The minimum Gasteiger partial charge on any atom is -0.487 e. The summed E-state index contributed by atoms with van der Waals surface area (Å²) in [6, 6.07) is 19.0. The van der Waals surface area contributed by atoms with Gasteiger partial charge in [-0.05, 0) is 50.1 Å². The van der Waals surface area contributed by atoms with Crippen LogP contribution in [0.25, 0.3) is 0 Å². The Hall–Kier alpha value is -3.39. The monoisotopic (exact) mass is 510 g/mol. The van der Waals surface area contributed by atoms with Gasteiger partial charge in [-0.1, -0.05) is 61.9 Å². The van der Waals surface area contributed by atoms with Gasteiger partial charge in [-0.2, -0.15) is 0 Å². The number of sulfonamides is 1. The van der Waals surface area contributed by atoms with E-state index in [1.54, 1.807) is 18.2 Å². The van der Waals surface area contributed by atoms with Gasteiger partial charge in [0.1, 0.15) is 23.7 Å². The molecule has 1 aliphatic heterocycles. The largest absolute Gasteiger partial charge is 0.487 e. The molecule has 1 atom stereocenters. The van der Waals surface area contributed by atoms with Crippen LogP contribution in [0.3, 0.4) is 0 Å². The van der Waals surface area contributed by atoms with Gasteiger partial charge < -0.3 is 10.1 Å². The SMILES string of the molecule is CCC1(CC)CC(NC(=O)CN(c2ccccc2F)S(=O)(=O)c2ccc(C)cc2)c2ccccc2O1. The van der Waals surface area contributed by atoms with Crippen molar-refractivity contribution in [3.8, 4) is 5.75 Å². The van der Waals surface area contributed by atoms with Crippen molar-refractivity contribution in [2.45, 2.75) is 56.6 Å². The second kappa shape index (κ2) is 10.3. The molecule has 0 aromatic heterocycles. The Labute approximate surface area is 212 Å². The van der Waals surface area contributed by atoms with E-state index in [2.05, 4.69) is 5.32 Å². The molecular weight excluding hydrogens is 479 g/mol. The van der Waals surface area contributed by atoms with E-state index >= 15 is 0 Å². The van der Waals surface area contributed by atoms with E-state index in [1.165, 1.54) is 30.3 Å². The minimum absolute atomic E-state index is 0.0171. The first-order valence-electron chi connectivity index (χ1n) is 12.1. The summed E-state index contributed by atoms with van der Waals surface area (Å²) in [5, 5.41) is 3.00. The van der Waals surface area contributed by atoms with Gasteiger partial charge >= 0.3 is 0 Å². The molecule has 3 aromatic rings. The van der Waals surface area contributed by atoms with Crippen LogP contribution in [-0.4, -0.2) is 26.5 Å². The normalized spacial score (nSPS) is 16.5. The molecule has 0 aliphatic carbocycles. The number of nitrogens with one attached hydrogen (secondary N) is 1. The summed E-state index contributed by atoms with van der Waals surface area (Å²) in [5.41, 5.74) is 1.10.